The Morgan fingerprint density at radius 3 is 1.34 bits per heavy atom. The van der Waals surface area contributed by atoms with Crippen LogP contribution in [-0.4, -0.2) is 106 Å². The first-order valence-electron chi connectivity index (χ1n) is 15.9. The van der Waals surface area contributed by atoms with Gasteiger partial charge in [-0.1, -0.05) is 24.3 Å². The third kappa shape index (κ3) is 11.1. The van der Waals surface area contributed by atoms with Crippen molar-refractivity contribution in [3.63, 3.8) is 0 Å². The number of hydrogen-bond acceptors (Lipinski definition) is 10. The minimum Gasteiger partial charge on any atom is -0.497 e. The molecule has 0 atom stereocenters. The van der Waals surface area contributed by atoms with Crippen LogP contribution in [0, 0.1) is 0 Å². The predicted octanol–water partition coefficient (Wildman–Crippen LogP) is 3.42. The average molecular weight is 733 g/mol. The maximum atomic E-state index is 13.8. The van der Waals surface area contributed by atoms with Crippen molar-refractivity contribution >= 4 is 20.0 Å². The lowest BCUT2D eigenvalue weighted by atomic mass is 10.1. The maximum Gasteiger partial charge on any atom is 0.246 e. The van der Waals surface area contributed by atoms with Crippen LogP contribution in [0.3, 0.4) is 0 Å². The van der Waals surface area contributed by atoms with Crippen LogP contribution >= 0.6 is 0 Å². The summed E-state index contributed by atoms with van der Waals surface area (Å²) in [5, 5.41) is 13.5. The highest BCUT2D eigenvalue weighted by Crippen LogP contribution is 2.25. The number of rotatable bonds is 15. The van der Waals surface area contributed by atoms with Crippen molar-refractivity contribution in [3.05, 3.63) is 84.4 Å². The lowest BCUT2D eigenvalue weighted by Crippen LogP contribution is -2.38. The number of primary sulfonamides is 1. The van der Waals surface area contributed by atoms with Gasteiger partial charge >= 0.3 is 0 Å². The zero-order valence-corrected chi connectivity index (χ0v) is 32.4. The van der Waals surface area contributed by atoms with Gasteiger partial charge in [-0.05, 0) is 91.3 Å². The Kier molecular flexibility index (Phi) is 13.4. The van der Waals surface area contributed by atoms with Gasteiger partial charge in [-0.25, -0.2) is 22.0 Å². The van der Waals surface area contributed by atoms with E-state index in [1.807, 2.05) is 109 Å². The summed E-state index contributed by atoms with van der Waals surface area (Å²) in [6, 6.07) is 14.8. The summed E-state index contributed by atoms with van der Waals surface area (Å²) in [5.74, 6) is 1.44. The van der Waals surface area contributed by atoms with Gasteiger partial charge in [-0.15, -0.1) is 0 Å². The molecule has 16 heteroatoms. The van der Waals surface area contributed by atoms with Crippen molar-refractivity contribution in [2.24, 2.45) is 5.14 Å². The van der Waals surface area contributed by atoms with Gasteiger partial charge in [0.25, 0.3) is 0 Å². The van der Waals surface area contributed by atoms with Crippen LogP contribution in [0.2, 0.25) is 0 Å². The molecule has 0 radical (unpaired) electrons. The molecule has 50 heavy (non-hydrogen) atoms. The number of benzene rings is 2. The van der Waals surface area contributed by atoms with E-state index < -0.39 is 20.0 Å². The van der Waals surface area contributed by atoms with E-state index in [0.717, 1.165) is 35.7 Å². The molecule has 0 aliphatic rings. The smallest absolute Gasteiger partial charge is 0.246 e. The quantitative estimate of drug-likeness (QED) is 0.192. The Balaban J connectivity index is 0.000000354. The number of aromatic nitrogens is 4. The summed E-state index contributed by atoms with van der Waals surface area (Å²) in [6.07, 6.45) is 5.78. The van der Waals surface area contributed by atoms with Gasteiger partial charge in [-0.2, -0.15) is 14.5 Å². The molecule has 2 aromatic heterocycles. The predicted molar refractivity (Wildman–Crippen MR) is 194 cm³/mol. The fourth-order valence-corrected chi connectivity index (χ4v) is 7.28. The monoisotopic (exact) mass is 732 g/mol. The van der Waals surface area contributed by atoms with E-state index in [1.54, 1.807) is 29.8 Å². The van der Waals surface area contributed by atoms with E-state index in [0.29, 0.717) is 0 Å². The summed E-state index contributed by atoms with van der Waals surface area (Å²) < 4.78 is 65.0. The molecule has 4 rings (SSSR count). The number of methoxy groups -OCH3 is 2. The normalized spacial score (nSPS) is 12.7. The maximum absolute atomic E-state index is 13.8. The van der Waals surface area contributed by atoms with Gasteiger partial charge in [0.2, 0.25) is 20.0 Å². The zero-order valence-electron chi connectivity index (χ0n) is 30.7. The standard InChI is InChI=1S/C25H34N4O4S.C9H18N4O2S/c1-25(2,19-27(3)4)29-18-24(15-26-29)34(30,31)28(16-20-7-11-22(32-5)12-8-20)17-21-9-13-23(33-6)14-10-21;1-9(2,7-12(3)4)13-6-8(5-11-13)16(10,14)15/h7-15,18H,16-17,19H2,1-6H3;5-6H,7H2,1-4H3,(H2,10,14,15). The lowest BCUT2D eigenvalue weighted by Gasteiger charge is -2.28. The summed E-state index contributed by atoms with van der Waals surface area (Å²) >= 11 is 0. The van der Waals surface area contributed by atoms with E-state index in [1.165, 1.54) is 22.9 Å². The van der Waals surface area contributed by atoms with Crippen molar-refractivity contribution in [2.45, 2.75) is 61.7 Å². The molecule has 0 spiro atoms. The van der Waals surface area contributed by atoms with Gasteiger partial charge in [-0.3, -0.25) is 9.36 Å². The third-order valence-corrected chi connectivity index (χ3v) is 10.4. The first-order valence-corrected chi connectivity index (χ1v) is 18.8. The number of nitrogens with zero attached hydrogens (tertiary/aromatic N) is 7. The number of ether oxygens (including phenoxy) is 2. The van der Waals surface area contributed by atoms with Gasteiger partial charge in [0.1, 0.15) is 21.3 Å². The molecule has 0 saturated heterocycles. The van der Waals surface area contributed by atoms with Crippen LogP contribution in [-0.2, 0) is 44.2 Å². The third-order valence-electron chi connectivity index (χ3n) is 7.77. The lowest BCUT2D eigenvalue weighted by molar-refractivity contribution is 0.222. The van der Waals surface area contributed by atoms with Crippen molar-refractivity contribution in [3.8, 4) is 11.5 Å². The number of likely N-dealkylation sites (N-methyl/N-ethyl adjacent to an activating group) is 2. The molecule has 2 N–H and O–H groups in total. The van der Waals surface area contributed by atoms with Gasteiger partial charge in [0.05, 0.1) is 37.7 Å². The van der Waals surface area contributed by atoms with Crippen LogP contribution in [0.1, 0.15) is 38.8 Å². The van der Waals surface area contributed by atoms with E-state index in [-0.39, 0.29) is 34.0 Å². The van der Waals surface area contributed by atoms with E-state index in [4.69, 9.17) is 14.6 Å². The molecule has 0 unspecified atom stereocenters. The van der Waals surface area contributed by atoms with Crippen molar-refractivity contribution in [1.29, 1.82) is 0 Å². The summed E-state index contributed by atoms with van der Waals surface area (Å²) in [6.45, 7) is 9.91. The minimum absolute atomic E-state index is 0.0410. The van der Waals surface area contributed by atoms with E-state index in [2.05, 4.69) is 15.1 Å². The molecular weight excluding hydrogens is 681 g/mol. The summed E-state index contributed by atoms with van der Waals surface area (Å²) in [7, 11) is 3.58. The fraction of sp³-hybridized carbons (Fsp3) is 0.471. The molecule has 0 fully saturated rings. The zero-order chi connectivity index (χ0) is 37.5. The Labute approximate surface area is 297 Å². The Bertz CT molecular complexity index is 1830. The highest BCUT2D eigenvalue weighted by Gasteiger charge is 2.30. The molecule has 2 heterocycles. The fourth-order valence-electron chi connectivity index (χ4n) is 5.49. The molecule has 276 valence electrons. The Morgan fingerprint density at radius 1 is 0.660 bits per heavy atom. The molecular formula is C34H52N8O6S2. The van der Waals surface area contributed by atoms with E-state index >= 15 is 0 Å². The molecule has 0 saturated carbocycles. The van der Waals surface area contributed by atoms with Gasteiger partial charge in [0.15, 0.2) is 0 Å². The van der Waals surface area contributed by atoms with Gasteiger partial charge < -0.3 is 19.3 Å². The van der Waals surface area contributed by atoms with Crippen LogP contribution in [0.5, 0.6) is 11.5 Å². The van der Waals surface area contributed by atoms with Crippen LogP contribution < -0.4 is 14.6 Å². The SMILES string of the molecule is CN(C)CC(C)(C)n1cc(S(N)(=O)=O)cn1.COc1ccc(CN(Cc2ccc(OC)cc2)S(=O)(=O)c2cnn(C(C)(C)CN(C)C)c2)cc1. The summed E-state index contributed by atoms with van der Waals surface area (Å²) in [4.78, 5) is 4.27. The molecule has 0 aliphatic carbocycles. The van der Waals surface area contributed by atoms with Crippen LogP contribution in [0.25, 0.3) is 0 Å². The molecule has 0 amide bonds. The second kappa shape index (κ2) is 16.5. The van der Waals surface area contributed by atoms with E-state index in [9.17, 15) is 16.8 Å². The molecule has 0 aliphatic heterocycles. The first kappa shape index (κ1) is 40.6. The largest absolute Gasteiger partial charge is 0.497 e. The van der Waals surface area contributed by atoms with Gasteiger partial charge in [0, 0.05) is 38.6 Å². The Morgan fingerprint density at radius 2 is 1.02 bits per heavy atom. The Hall–Kier alpha value is -3.80. The topological polar surface area (TPSA) is 158 Å². The van der Waals surface area contributed by atoms with Crippen molar-refractivity contribution in [1.82, 2.24) is 33.7 Å². The highest BCUT2D eigenvalue weighted by atomic mass is 32.2. The second-order valence-electron chi connectivity index (χ2n) is 13.9. The average Bonchev–Trinajstić information content (AvgIpc) is 3.73. The molecule has 14 nitrogen and oxygen atoms in total. The summed E-state index contributed by atoms with van der Waals surface area (Å²) in [5.41, 5.74) is 1.07. The van der Waals surface area contributed by atoms with Crippen molar-refractivity contribution < 1.29 is 26.3 Å². The van der Waals surface area contributed by atoms with Crippen molar-refractivity contribution in [2.75, 3.05) is 55.5 Å². The molecule has 2 aromatic carbocycles. The number of sulfonamides is 2. The van der Waals surface area contributed by atoms with Crippen LogP contribution in [0.15, 0.2) is 83.1 Å². The minimum atomic E-state index is -3.82. The highest BCUT2D eigenvalue weighted by molar-refractivity contribution is 7.89. The molecule has 0 bridgehead atoms. The molecule has 4 aromatic rings. The van der Waals surface area contributed by atoms with Crippen LogP contribution in [0.4, 0.5) is 0 Å². The number of nitrogens with two attached hydrogens (primary N) is 1. The number of hydrogen-bond donors (Lipinski definition) is 1. The second-order valence-corrected chi connectivity index (χ2v) is 17.4. The first-order chi connectivity index (χ1) is 23.2.